The molecule has 0 unspecified atom stereocenters. The maximum atomic E-state index is 12.2. The quantitative estimate of drug-likeness (QED) is 0.555. The highest BCUT2D eigenvalue weighted by atomic mass is 16.5. The Bertz CT molecular complexity index is 1070. The number of rotatable bonds is 7. The van der Waals surface area contributed by atoms with Crippen LogP contribution in [0, 0.1) is 0 Å². The number of nitrogens with two attached hydrogens (primary N) is 1. The molecule has 3 aromatic rings. The standard InChI is InChI=1S/C22H24N6O2/c1-2-8-24-21(29)15-5-3-4-14(11-15)12-26-20-16-7-10-30-19(16)17(13-27-20)18-6-9-25-22(23)28-18/h3-6,9,11,13H,2,7-8,10,12H2,1H3,(H,24,29)(H,26,27)(H2,23,25,28). The molecule has 1 aromatic carbocycles. The summed E-state index contributed by atoms with van der Waals surface area (Å²) in [6.07, 6.45) is 5.03. The van der Waals surface area contributed by atoms with Crippen LogP contribution in [0.5, 0.6) is 5.75 Å². The highest BCUT2D eigenvalue weighted by Crippen LogP contribution is 2.39. The Balaban J connectivity index is 1.53. The minimum atomic E-state index is -0.0559. The van der Waals surface area contributed by atoms with E-state index in [-0.39, 0.29) is 11.9 Å². The smallest absolute Gasteiger partial charge is 0.251 e. The molecule has 1 amide bonds. The van der Waals surface area contributed by atoms with Crippen LogP contribution in [-0.4, -0.2) is 34.0 Å². The molecular weight excluding hydrogens is 380 g/mol. The predicted octanol–water partition coefficient (Wildman–Crippen LogP) is 2.81. The number of carbonyl (C=O) groups is 1. The minimum Gasteiger partial charge on any atom is -0.492 e. The predicted molar refractivity (Wildman–Crippen MR) is 115 cm³/mol. The first-order chi connectivity index (χ1) is 14.7. The molecule has 0 fully saturated rings. The summed E-state index contributed by atoms with van der Waals surface area (Å²) < 4.78 is 5.87. The summed E-state index contributed by atoms with van der Waals surface area (Å²) in [7, 11) is 0. The van der Waals surface area contributed by atoms with Crippen LogP contribution in [0.3, 0.4) is 0 Å². The highest BCUT2D eigenvalue weighted by Gasteiger charge is 2.23. The zero-order chi connectivity index (χ0) is 20.9. The van der Waals surface area contributed by atoms with Crippen molar-refractivity contribution in [2.24, 2.45) is 0 Å². The van der Waals surface area contributed by atoms with Crippen molar-refractivity contribution in [1.29, 1.82) is 0 Å². The van der Waals surface area contributed by atoms with E-state index in [1.54, 1.807) is 18.5 Å². The number of anilines is 2. The van der Waals surface area contributed by atoms with Gasteiger partial charge < -0.3 is 21.1 Å². The molecule has 2 aromatic heterocycles. The van der Waals surface area contributed by atoms with E-state index in [2.05, 4.69) is 25.6 Å². The Morgan fingerprint density at radius 3 is 3.00 bits per heavy atom. The molecule has 0 spiro atoms. The topological polar surface area (TPSA) is 115 Å². The van der Waals surface area contributed by atoms with E-state index in [1.165, 1.54) is 0 Å². The largest absolute Gasteiger partial charge is 0.492 e. The van der Waals surface area contributed by atoms with Crippen LogP contribution < -0.4 is 21.1 Å². The average molecular weight is 404 g/mol. The summed E-state index contributed by atoms with van der Waals surface area (Å²) in [6.45, 7) is 3.84. The normalized spacial score (nSPS) is 12.2. The molecule has 0 saturated carbocycles. The van der Waals surface area contributed by atoms with Gasteiger partial charge in [0.25, 0.3) is 5.91 Å². The van der Waals surface area contributed by atoms with Gasteiger partial charge in [-0.3, -0.25) is 4.79 Å². The van der Waals surface area contributed by atoms with Crippen LogP contribution >= 0.6 is 0 Å². The van der Waals surface area contributed by atoms with E-state index in [1.807, 2.05) is 31.2 Å². The second-order valence-corrected chi connectivity index (χ2v) is 7.04. The Labute approximate surface area is 174 Å². The molecule has 8 nitrogen and oxygen atoms in total. The number of nitrogen functional groups attached to an aromatic ring is 1. The van der Waals surface area contributed by atoms with Crippen molar-refractivity contribution in [3.63, 3.8) is 0 Å². The molecule has 0 saturated heterocycles. The van der Waals surface area contributed by atoms with Crippen molar-refractivity contribution in [1.82, 2.24) is 20.3 Å². The van der Waals surface area contributed by atoms with Crippen molar-refractivity contribution < 1.29 is 9.53 Å². The van der Waals surface area contributed by atoms with Gasteiger partial charge in [-0.25, -0.2) is 15.0 Å². The molecule has 4 rings (SSSR count). The lowest BCUT2D eigenvalue weighted by Gasteiger charge is -2.13. The Morgan fingerprint density at radius 2 is 2.17 bits per heavy atom. The third-order valence-corrected chi connectivity index (χ3v) is 4.86. The summed E-state index contributed by atoms with van der Waals surface area (Å²) >= 11 is 0. The molecule has 1 aliphatic rings. The van der Waals surface area contributed by atoms with Gasteiger partial charge in [0.05, 0.1) is 17.9 Å². The van der Waals surface area contributed by atoms with Gasteiger partial charge in [-0.05, 0) is 30.2 Å². The summed E-state index contributed by atoms with van der Waals surface area (Å²) in [4.78, 5) is 25.0. The highest BCUT2D eigenvalue weighted by molar-refractivity contribution is 5.94. The van der Waals surface area contributed by atoms with E-state index >= 15 is 0 Å². The fourth-order valence-corrected chi connectivity index (χ4v) is 3.40. The number of nitrogens with zero attached hydrogens (tertiary/aromatic N) is 3. The zero-order valence-electron chi connectivity index (χ0n) is 16.8. The fourth-order valence-electron chi connectivity index (χ4n) is 3.40. The summed E-state index contributed by atoms with van der Waals surface area (Å²) in [5.41, 5.74) is 9.88. The molecule has 0 radical (unpaired) electrons. The number of benzene rings is 1. The molecule has 154 valence electrons. The van der Waals surface area contributed by atoms with Gasteiger partial charge in [-0.2, -0.15) is 0 Å². The van der Waals surface area contributed by atoms with Gasteiger partial charge in [-0.15, -0.1) is 0 Å². The lowest BCUT2D eigenvalue weighted by atomic mass is 10.1. The van der Waals surface area contributed by atoms with Crippen molar-refractivity contribution in [3.8, 4) is 17.0 Å². The van der Waals surface area contributed by atoms with Gasteiger partial charge in [0.1, 0.15) is 11.6 Å². The monoisotopic (exact) mass is 404 g/mol. The molecule has 4 N–H and O–H groups in total. The Kier molecular flexibility index (Phi) is 5.74. The molecule has 3 heterocycles. The zero-order valence-corrected chi connectivity index (χ0v) is 16.8. The van der Waals surface area contributed by atoms with E-state index < -0.39 is 0 Å². The number of aromatic nitrogens is 3. The van der Waals surface area contributed by atoms with E-state index in [4.69, 9.17) is 10.5 Å². The average Bonchev–Trinajstić information content (AvgIpc) is 3.26. The van der Waals surface area contributed by atoms with Crippen LogP contribution in [0.1, 0.15) is 34.8 Å². The SMILES string of the molecule is CCCNC(=O)c1cccc(CNc2ncc(-c3ccnc(N)n3)c3c2CCO3)c1. The van der Waals surface area contributed by atoms with Crippen LogP contribution in [0.4, 0.5) is 11.8 Å². The third-order valence-electron chi connectivity index (χ3n) is 4.86. The second kappa shape index (κ2) is 8.77. The number of fused-ring (bicyclic) bond motifs is 1. The number of ether oxygens (including phenoxy) is 1. The number of pyridine rings is 1. The van der Waals surface area contributed by atoms with Gasteiger partial charge in [0.15, 0.2) is 0 Å². The number of amides is 1. The van der Waals surface area contributed by atoms with Crippen molar-refractivity contribution in [2.75, 3.05) is 24.2 Å². The van der Waals surface area contributed by atoms with Crippen LogP contribution in [0.25, 0.3) is 11.3 Å². The lowest BCUT2D eigenvalue weighted by Crippen LogP contribution is -2.24. The fraction of sp³-hybridized carbons (Fsp3) is 0.273. The van der Waals surface area contributed by atoms with Crippen molar-refractivity contribution in [2.45, 2.75) is 26.3 Å². The molecule has 0 atom stereocenters. The Hall–Kier alpha value is -3.68. The Morgan fingerprint density at radius 1 is 1.27 bits per heavy atom. The van der Waals surface area contributed by atoms with Gasteiger partial charge >= 0.3 is 0 Å². The van der Waals surface area contributed by atoms with Crippen LogP contribution in [0.2, 0.25) is 0 Å². The number of hydrogen-bond acceptors (Lipinski definition) is 7. The summed E-state index contributed by atoms with van der Waals surface area (Å²) in [6, 6.07) is 9.38. The van der Waals surface area contributed by atoms with Gasteiger partial charge in [0, 0.05) is 43.0 Å². The maximum Gasteiger partial charge on any atom is 0.251 e. The van der Waals surface area contributed by atoms with E-state index in [0.29, 0.717) is 31.0 Å². The summed E-state index contributed by atoms with van der Waals surface area (Å²) in [5.74, 6) is 1.70. The number of carbonyl (C=O) groups excluding carboxylic acids is 1. The minimum absolute atomic E-state index is 0.0559. The molecule has 30 heavy (non-hydrogen) atoms. The third kappa shape index (κ3) is 4.17. The lowest BCUT2D eigenvalue weighted by molar-refractivity contribution is 0.0953. The molecule has 8 heteroatoms. The molecule has 0 aliphatic carbocycles. The first-order valence-corrected chi connectivity index (χ1v) is 10.00. The van der Waals surface area contributed by atoms with Gasteiger partial charge in [0.2, 0.25) is 5.95 Å². The first-order valence-electron chi connectivity index (χ1n) is 10.00. The van der Waals surface area contributed by atoms with Crippen LogP contribution in [-0.2, 0) is 13.0 Å². The van der Waals surface area contributed by atoms with E-state index in [0.717, 1.165) is 41.1 Å². The molecule has 0 bridgehead atoms. The number of nitrogens with one attached hydrogen (secondary N) is 2. The molecular formula is C22H24N6O2. The van der Waals surface area contributed by atoms with Gasteiger partial charge in [-0.1, -0.05) is 19.1 Å². The maximum absolute atomic E-state index is 12.2. The number of hydrogen-bond donors (Lipinski definition) is 3. The molecule has 1 aliphatic heterocycles. The van der Waals surface area contributed by atoms with Crippen LogP contribution in [0.15, 0.2) is 42.7 Å². The second-order valence-electron chi connectivity index (χ2n) is 7.04. The first kappa shape index (κ1) is 19.6. The van der Waals surface area contributed by atoms with Crippen molar-refractivity contribution in [3.05, 3.63) is 59.4 Å². The van der Waals surface area contributed by atoms with E-state index in [9.17, 15) is 4.79 Å². The van der Waals surface area contributed by atoms with Crippen molar-refractivity contribution >= 4 is 17.7 Å². The summed E-state index contributed by atoms with van der Waals surface area (Å²) in [5, 5.41) is 6.28.